The average molecular weight is 286 g/mol. The Morgan fingerprint density at radius 2 is 1.94 bits per heavy atom. The molecule has 1 saturated heterocycles. The third-order valence-corrected chi connectivity index (χ3v) is 4.19. The van der Waals surface area contributed by atoms with Gasteiger partial charge in [0.25, 0.3) is 0 Å². The molecule has 1 aliphatic heterocycles. The highest BCUT2D eigenvalue weighted by Gasteiger charge is 2.18. The van der Waals surface area contributed by atoms with Crippen molar-refractivity contribution in [3.8, 4) is 0 Å². The number of hydrogen-bond acceptors (Lipinski definition) is 1. The Hall–Kier alpha value is -0.410. The predicted octanol–water partition coefficient (Wildman–Crippen LogP) is 3.43. The van der Waals surface area contributed by atoms with Crippen molar-refractivity contribution in [3.05, 3.63) is 35.6 Å². The van der Waals surface area contributed by atoms with E-state index in [1.165, 1.54) is 12.8 Å². The molecule has 2 rings (SSSR count). The SMILES string of the molecule is Fc1ccccc1CN1CCC(CBr)CC1. The second kappa shape index (κ2) is 5.78. The first-order valence-corrected chi connectivity index (χ1v) is 6.93. The minimum atomic E-state index is -0.0786. The lowest BCUT2D eigenvalue weighted by molar-refractivity contribution is 0.185. The number of hydrogen-bond donors (Lipinski definition) is 0. The molecule has 1 aromatic carbocycles. The van der Waals surface area contributed by atoms with Crippen molar-refractivity contribution in [3.63, 3.8) is 0 Å². The maximum atomic E-state index is 13.5. The lowest BCUT2D eigenvalue weighted by atomic mass is 9.99. The van der Waals surface area contributed by atoms with Crippen LogP contribution in [0.3, 0.4) is 0 Å². The summed E-state index contributed by atoms with van der Waals surface area (Å²) in [6.45, 7) is 2.93. The Morgan fingerprint density at radius 1 is 1.25 bits per heavy atom. The van der Waals surface area contributed by atoms with Gasteiger partial charge in [-0.25, -0.2) is 4.39 Å². The molecule has 0 atom stereocenters. The van der Waals surface area contributed by atoms with Crippen molar-refractivity contribution < 1.29 is 4.39 Å². The molecular formula is C13H17BrFN. The normalized spacial score (nSPS) is 18.9. The molecule has 0 amide bonds. The Balaban J connectivity index is 1.89. The van der Waals surface area contributed by atoms with Crippen LogP contribution in [0, 0.1) is 11.7 Å². The zero-order chi connectivity index (χ0) is 11.4. The Kier molecular flexibility index (Phi) is 4.36. The predicted molar refractivity (Wildman–Crippen MR) is 68.2 cm³/mol. The number of piperidine rings is 1. The molecule has 0 saturated carbocycles. The van der Waals surface area contributed by atoms with Gasteiger partial charge in [0.15, 0.2) is 0 Å². The van der Waals surface area contributed by atoms with Crippen LogP contribution in [0.2, 0.25) is 0 Å². The fraction of sp³-hybridized carbons (Fsp3) is 0.538. The number of likely N-dealkylation sites (tertiary alicyclic amines) is 1. The molecule has 1 heterocycles. The van der Waals surface area contributed by atoms with E-state index in [9.17, 15) is 4.39 Å². The molecule has 1 fully saturated rings. The van der Waals surface area contributed by atoms with E-state index in [4.69, 9.17) is 0 Å². The van der Waals surface area contributed by atoms with Gasteiger partial charge in [-0.15, -0.1) is 0 Å². The van der Waals surface area contributed by atoms with Crippen LogP contribution in [0.4, 0.5) is 4.39 Å². The number of rotatable bonds is 3. The van der Waals surface area contributed by atoms with Crippen LogP contribution in [0.15, 0.2) is 24.3 Å². The molecule has 1 aromatic rings. The molecule has 3 heteroatoms. The zero-order valence-corrected chi connectivity index (χ0v) is 10.9. The third kappa shape index (κ3) is 3.05. The van der Waals surface area contributed by atoms with Gasteiger partial charge >= 0.3 is 0 Å². The summed E-state index contributed by atoms with van der Waals surface area (Å²) in [5.41, 5.74) is 0.819. The molecule has 0 unspecified atom stereocenters. The monoisotopic (exact) mass is 285 g/mol. The highest BCUT2D eigenvalue weighted by molar-refractivity contribution is 9.09. The summed E-state index contributed by atoms with van der Waals surface area (Å²) in [5.74, 6) is 0.724. The molecule has 0 spiro atoms. The van der Waals surface area contributed by atoms with Crippen molar-refractivity contribution in [2.45, 2.75) is 19.4 Å². The van der Waals surface area contributed by atoms with Gasteiger partial charge in [0, 0.05) is 17.4 Å². The van der Waals surface area contributed by atoms with E-state index in [-0.39, 0.29) is 5.82 Å². The van der Waals surface area contributed by atoms with Crippen molar-refractivity contribution >= 4 is 15.9 Å². The van der Waals surface area contributed by atoms with E-state index in [1.807, 2.05) is 12.1 Å². The molecule has 0 radical (unpaired) electrons. The molecule has 0 bridgehead atoms. The van der Waals surface area contributed by atoms with Gasteiger partial charge < -0.3 is 0 Å². The van der Waals surface area contributed by atoms with Crippen molar-refractivity contribution in [1.29, 1.82) is 0 Å². The standard InChI is InChI=1S/C13H17BrFN/c14-9-11-5-7-16(8-6-11)10-12-3-1-2-4-13(12)15/h1-4,11H,5-10H2. The maximum Gasteiger partial charge on any atom is 0.127 e. The first kappa shape index (κ1) is 12.1. The molecule has 88 valence electrons. The van der Waals surface area contributed by atoms with E-state index in [1.54, 1.807) is 12.1 Å². The third-order valence-electron chi connectivity index (χ3n) is 3.28. The van der Waals surface area contributed by atoms with Gasteiger partial charge in [0.2, 0.25) is 0 Å². The van der Waals surface area contributed by atoms with Gasteiger partial charge in [-0.1, -0.05) is 34.1 Å². The fourth-order valence-corrected chi connectivity index (χ4v) is 2.81. The topological polar surface area (TPSA) is 3.24 Å². The molecule has 0 aliphatic carbocycles. The summed E-state index contributed by atoms with van der Waals surface area (Å²) < 4.78 is 13.5. The Morgan fingerprint density at radius 3 is 2.56 bits per heavy atom. The molecule has 16 heavy (non-hydrogen) atoms. The van der Waals surface area contributed by atoms with E-state index in [0.717, 1.165) is 36.4 Å². The number of alkyl halides is 1. The second-order valence-corrected chi connectivity index (χ2v) is 5.11. The van der Waals surface area contributed by atoms with Gasteiger partial charge in [0.05, 0.1) is 0 Å². The van der Waals surface area contributed by atoms with Crippen molar-refractivity contribution in [2.75, 3.05) is 18.4 Å². The summed E-state index contributed by atoms with van der Waals surface area (Å²) in [6, 6.07) is 7.08. The van der Waals surface area contributed by atoms with E-state index in [0.29, 0.717) is 0 Å². The van der Waals surface area contributed by atoms with Crippen LogP contribution in [-0.2, 0) is 6.54 Å². The van der Waals surface area contributed by atoms with E-state index < -0.39 is 0 Å². The summed E-state index contributed by atoms with van der Waals surface area (Å²) in [6.07, 6.45) is 2.44. The fourth-order valence-electron chi connectivity index (χ4n) is 2.17. The zero-order valence-electron chi connectivity index (χ0n) is 9.33. The Bertz CT molecular complexity index is 334. The summed E-state index contributed by atoms with van der Waals surface area (Å²) in [4.78, 5) is 2.34. The van der Waals surface area contributed by atoms with Crippen LogP contribution in [-0.4, -0.2) is 23.3 Å². The lowest BCUT2D eigenvalue weighted by Crippen LogP contribution is -2.33. The molecule has 1 nitrogen and oxygen atoms in total. The second-order valence-electron chi connectivity index (χ2n) is 4.47. The molecule has 1 aliphatic rings. The summed E-state index contributed by atoms with van der Waals surface area (Å²) in [7, 11) is 0. The van der Waals surface area contributed by atoms with Crippen LogP contribution in [0.1, 0.15) is 18.4 Å². The molecule has 0 aromatic heterocycles. The smallest absolute Gasteiger partial charge is 0.127 e. The van der Waals surface area contributed by atoms with E-state index in [2.05, 4.69) is 20.8 Å². The number of nitrogens with zero attached hydrogens (tertiary/aromatic N) is 1. The lowest BCUT2D eigenvalue weighted by Gasteiger charge is -2.31. The van der Waals surface area contributed by atoms with Gasteiger partial charge in [-0.3, -0.25) is 4.90 Å². The van der Waals surface area contributed by atoms with Crippen molar-refractivity contribution in [2.24, 2.45) is 5.92 Å². The number of halogens is 2. The highest BCUT2D eigenvalue weighted by atomic mass is 79.9. The largest absolute Gasteiger partial charge is 0.299 e. The van der Waals surface area contributed by atoms with Crippen molar-refractivity contribution in [1.82, 2.24) is 4.90 Å². The van der Waals surface area contributed by atoms with Gasteiger partial charge in [-0.2, -0.15) is 0 Å². The first-order valence-electron chi connectivity index (χ1n) is 5.81. The van der Waals surface area contributed by atoms with Gasteiger partial charge in [-0.05, 0) is 37.9 Å². The minimum absolute atomic E-state index is 0.0786. The minimum Gasteiger partial charge on any atom is -0.299 e. The van der Waals surface area contributed by atoms with Crippen LogP contribution < -0.4 is 0 Å². The quantitative estimate of drug-likeness (QED) is 0.769. The first-order chi connectivity index (χ1) is 7.79. The molecular weight excluding hydrogens is 269 g/mol. The van der Waals surface area contributed by atoms with Crippen LogP contribution in [0.25, 0.3) is 0 Å². The number of benzene rings is 1. The summed E-state index contributed by atoms with van der Waals surface area (Å²) >= 11 is 3.53. The maximum absolute atomic E-state index is 13.5. The average Bonchev–Trinajstić information content (AvgIpc) is 2.33. The Labute approximate surface area is 105 Å². The van der Waals surface area contributed by atoms with Crippen LogP contribution in [0.5, 0.6) is 0 Å². The van der Waals surface area contributed by atoms with Crippen LogP contribution >= 0.6 is 15.9 Å². The molecule has 0 N–H and O–H groups in total. The summed E-state index contributed by atoms with van der Waals surface area (Å²) in [5, 5.41) is 1.10. The van der Waals surface area contributed by atoms with Gasteiger partial charge in [0.1, 0.15) is 5.82 Å². The van der Waals surface area contributed by atoms with E-state index >= 15 is 0 Å². The highest BCUT2D eigenvalue weighted by Crippen LogP contribution is 2.21.